The highest BCUT2D eigenvalue weighted by atomic mass is 16.2. The van der Waals surface area contributed by atoms with Crippen LogP contribution in [-0.2, 0) is 4.79 Å². The summed E-state index contributed by atoms with van der Waals surface area (Å²) in [5.74, 6) is 0.293. The highest BCUT2D eigenvalue weighted by Crippen LogP contribution is 2.31. The van der Waals surface area contributed by atoms with Crippen LogP contribution in [0, 0.1) is 5.41 Å². The van der Waals surface area contributed by atoms with Crippen molar-refractivity contribution in [3.8, 4) is 0 Å². The SMILES string of the molecule is CCCC(CN)(CCC)C(=O)N1CCN(C)CC1. The van der Waals surface area contributed by atoms with Crippen LogP contribution in [0.25, 0.3) is 0 Å². The van der Waals surface area contributed by atoms with Crippen molar-refractivity contribution in [2.45, 2.75) is 39.5 Å². The van der Waals surface area contributed by atoms with E-state index in [1.54, 1.807) is 0 Å². The van der Waals surface area contributed by atoms with E-state index in [1.165, 1.54) is 0 Å². The van der Waals surface area contributed by atoms with Gasteiger partial charge in [0.2, 0.25) is 5.91 Å². The summed E-state index contributed by atoms with van der Waals surface area (Å²) in [4.78, 5) is 17.1. The average Bonchev–Trinajstić information content (AvgIpc) is 2.38. The first kappa shape index (κ1) is 15.4. The molecule has 0 aromatic rings. The smallest absolute Gasteiger partial charge is 0.230 e. The zero-order valence-electron chi connectivity index (χ0n) is 12.2. The Kier molecular flexibility index (Phi) is 6.09. The predicted molar refractivity (Wildman–Crippen MR) is 75.4 cm³/mol. The van der Waals surface area contributed by atoms with E-state index < -0.39 is 0 Å². The summed E-state index contributed by atoms with van der Waals surface area (Å²) in [6.45, 7) is 8.42. The monoisotopic (exact) mass is 255 g/mol. The van der Waals surface area contributed by atoms with Crippen molar-refractivity contribution >= 4 is 5.91 Å². The Morgan fingerprint density at radius 1 is 1.11 bits per heavy atom. The van der Waals surface area contributed by atoms with E-state index in [2.05, 4.69) is 25.8 Å². The van der Waals surface area contributed by atoms with Crippen molar-refractivity contribution in [3.63, 3.8) is 0 Å². The molecule has 0 aliphatic carbocycles. The Morgan fingerprint density at radius 3 is 2.00 bits per heavy atom. The third-order valence-corrected chi connectivity index (χ3v) is 4.09. The molecular formula is C14H29N3O. The quantitative estimate of drug-likeness (QED) is 0.778. The van der Waals surface area contributed by atoms with Gasteiger partial charge in [-0.15, -0.1) is 0 Å². The molecule has 0 aromatic carbocycles. The highest BCUT2D eigenvalue weighted by molar-refractivity contribution is 5.83. The molecule has 1 amide bonds. The Labute approximate surface area is 111 Å². The maximum Gasteiger partial charge on any atom is 0.230 e. The van der Waals surface area contributed by atoms with Crippen LogP contribution < -0.4 is 5.73 Å². The topological polar surface area (TPSA) is 49.6 Å². The average molecular weight is 255 g/mol. The number of amides is 1. The maximum absolute atomic E-state index is 12.8. The van der Waals surface area contributed by atoms with Gasteiger partial charge in [0.25, 0.3) is 0 Å². The molecular weight excluding hydrogens is 226 g/mol. The van der Waals surface area contributed by atoms with Gasteiger partial charge in [-0.1, -0.05) is 26.7 Å². The molecule has 18 heavy (non-hydrogen) atoms. The number of carbonyl (C=O) groups is 1. The van der Waals surface area contributed by atoms with E-state index in [0.29, 0.717) is 12.5 Å². The zero-order chi connectivity index (χ0) is 13.6. The number of rotatable bonds is 6. The second kappa shape index (κ2) is 7.10. The first-order chi connectivity index (χ1) is 8.59. The molecule has 1 aliphatic rings. The van der Waals surface area contributed by atoms with Crippen LogP contribution in [0.3, 0.4) is 0 Å². The van der Waals surface area contributed by atoms with Crippen LogP contribution in [-0.4, -0.2) is 55.5 Å². The summed E-state index contributed by atoms with van der Waals surface area (Å²) >= 11 is 0. The molecule has 0 unspecified atom stereocenters. The van der Waals surface area contributed by atoms with Crippen LogP contribution in [0.1, 0.15) is 39.5 Å². The molecule has 0 atom stereocenters. The lowest BCUT2D eigenvalue weighted by Gasteiger charge is -2.40. The number of piperazine rings is 1. The van der Waals surface area contributed by atoms with Crippen LogP contribution in [0.15, 0.2) is 0 Å². The largest absolute Gasteiger partial charge is 0.340 e. The number of carbonyl (C=O) groups excluding carboxylic acids is 1. The summed E-state index contributed by atoms with van der Waals surface area (Å²) < 4.78 is 0. The van der Waals surface area contributed by atoms with Gasteiger partial charge in [0.05, 0.1) is 5.41 Å². The molecule has 0 aromatic heterocycles. The van der Waals surface area contributed by atoms with Gasteiger partial charge in [-0.2, -0.15) is 0 Å². The molecule has 1 rings (SSSR count). The number of hydrogen-bond donors (Lipinski definition) is 1. The molecule has 4 heteroatoms. The molecule has 1 heterocycles. The molecule has 4 nitrogen and oxygen atoms in total. The van der Waals surface area contributed by atoms with Gasteiger partial charge in [-0.3, -0.25) is 4.79 Å². The Hall–Kier alpha value is -0.610. The van der Waals surface area contributed by atoms with Gasteiger partial charge in [-0.25, -0.2) is 0 Å². The van der Waals surface area contributed by atoms with E-state index in [-0.39, 0.29) is 5.41 Å². The summed E-state index contributed by atoms with van der Waals surface area (Å²) in [6, 6.07) is 0. The molecule has 1 aliphatic heterocycles. The van der Waals surface area contributed by atoms with Crippen molar-refractivity contribution in [2.24, 2.45) is 11.1 Å². The molecule has 2 N–H and O–H groups in total. The lowest BCUT2D eigenvalue weighted by molar-refractivity contribution is -0.144. The minimum Gasteiger partial charge on any atom is -0.340 e. The molecule has 0 bridgehead atoms. The third kappa shape index (κ3) is 3.45. The van der Waals surface area contributed by atoms with Crippen LogP contribution in [0.2, 0.25) is 0 Å². The molecule has 0 saturated carbocycles. The summed E-state index contributed by atoms with van der Waals surface area (Å²) in [5, 5.41) is 0. The lowest BCUT2D eigenvalue weighted by Crippen LogP contribution is -2.54. The molecule has 0 spiro atoms. The normalized spacial score (nSPS) is 18.1. The van der Waals surface area contributed by atoms with Crippen LogP contribution in [0.5, 0.6) is 0 Å². The first-order valence-electron chi connectivity index (χ1n) is 7.27. The third-order valence-electron chi connectivity index (χ3n) is 4.09. The minimum absolute atomic E-state index is 0.293. The van der Waals surface area contributed by atoms with E-state index in [9.17, 15) is 4.79 Å². The van der Waals surface area contributed by atoms with E-state index in [0.717, 1.165) is 51.9 Å². The number of hydrogen-bond acceptors (Lipinski definition) is 3. The molecule has 1 saturated heterocycles. The molecule has 1 fully saturated rings. The van der Waals surface area contributed by atoms with E-state index >= 15 is 0 Å². The number of nitrogens with two attached hydrogens (primary N) is 1. The second-order valence-corrected chi connectivity index (χ2v) is 5.58. The van der Waals surface area contributed by atoms with Gasteiger partial charge in [0.1, 0.15) is 0 Å². The standard InChI is InChI=1S/C14H29N3O/c1-4-6-14(12-15,7-5-2)13(18)17-10-8-16(3)9-11-17/h4-12,15H2,1-3H3. The molecule has 106 valence electrons. The van der Waals surface area contributed by atoms with Gasteiger partial charge in [0, 0.05) is 32.7 Å². The van der Waals surface area contributed by atoms with Crippen LogP contribution >= 0.6 is 0 Å². The Bertz CT molecular complexity index is 254. The van der Waals surface area contributed by atoms with Crippen molar-refractivity contribution < 1.29 is 4.79 Å². The van der Waals surface area contributed by atoms with Crippen molar-refractivity contribution in [3.05, 3.63) is 0 Å². The Balaban J connectivity index is 2.74. The van der Waals surface area contributed by atoms with Gasteiger partial charge in [0.15, 0.2) is 0 Å². The first-order valence-corrected chi connectivity index (χ1v) is 7.27. The summed E-state index contributed by atoms with van der Waals surface area (Å²) in [6.07, 6.45) is 3.89. The van der Waals surface area contributed by atoms with Crippen molar-refractivity contribution in [1.29, 1.82) is 0 Å². The lowest BCUT2D eigenvalue weighted by atomic mass is 9.77. The molecule has 0 radical (unpaired) electrons. The predicted octanol–water partition coefficient (Wildman–Crippen LogP) is 1.31. The fraction of sp³-hybridized carbons (Fsp3) is 0.929. The fourth-order valence-electron chi connectivity index (χ4n) is 2.93. The van der Waals surface area contributed by atoms with Crippen molar-refractivity contribution in [1.82, 2.24) is 9.80 Å². The fourth-order valence-corrected chi connectivity index (χ4v) is 2.93. The highest BCUT2D eigenvalue weighted by Gasteiger charge is 2.38. The van der Waals surface area contributed by atoms with E-state index in [4.69, 9.17) is 5.73 Å². The van der Waals surface area contributed by atoms with Gasteiger partial charge < -0.3 is 15.5 Å². The number of likely N-dealkylation sites (N-methyl/N-ethyl adjacent to an activating group) is 1. The Morgan fingerprint density at radius 2 is 1.61 bits per heavy atom. The summed E-state index contributed by atoms with van der Waals surface area (Å²) in [5.41, 5.74) is 5.65. The van der Waals surface area contributed by atoms with Crippen LogP contribution in [0.4, 0.5) is 0 Å². The second-order valence-electron chi connectivity index (χ2n) is 5.58. The van der Waals surface area contributed by atoms with Gasteiger partial charge in [-0.05, 0) is 19.9 Å². The van der Waals surface area contributed by atoms with Crippen molar-refractivity contribution in [2.75, 3.05) is 39.8 Å². The van der Waals surface area contributed by atoms with Gasteiger partial charge >= 0.3 is 0 Å². The maximum atomic E-state index is 12.8. The zero-order valence-corrected chi connectivity index (χ0v) is 12.2. The summed E-state index contributed by atoms with van der Waals surface area (Å²) in [7, 11) is 2.11. The van der Waals surface area contributed by atoms with E-state index in [1.807, 2.05) is 4.90 Å². The minimum atomic E-state index is -0.306. The number of nitrogens with zero attached hydrogens (tertiary/aromatic N) is 2.